The molecule has 1 amide bonds. The van der Waals surface area contributed by atoms with Crippen molar-refractivity contribution in [2.45, 2.75) is 52.5 Å². The number of H-pyrrole nitrogens is 2. The van der Waals surface area contributed by atoms with E-state index in [1.807, 2.05) is 11.8 Å². The van der Waals surface area contributed by atoms with Gasteiger partial charge in [-0.15, -0.1) is 0 Å². The van der Waals surface area contributed by atoms with Gasteiger partial charge in [-0.2, -0.15) is 10.2 Å². The maximum absolute atomic E-state index is 11.9. The first kappa shape index (κ1) is 21.7. The number of nitrogens with one attached hydrogen (secondary N) is 2. The number of rotatable bonds is 2. The van der Waals surface area contributed by atoms with Crippen molar-refractivity contribution in [1.29, 1.82) is 0 Å². The Morgan fingerprint density at radius 3 is 2.58 bits per heavy atom. The van der Waals surface area contributed by atoms with E-state index in [0.29, 0.717) is 6.54 Å². The quantitative estimate of drug-likeness (QED) is 0.621. The second kappa shape index (κ2) is 9.39. The number of anilines is 2. The molecule has 0 atom stereocenters. The Morgan fingerprint density at radius 2 is 1.88 bits per heavy atom. The third-order valence-electron chi connectivity index (χ3n) is 6.64. The van der Waals surface area contributed by atoms with Crippen LogP contribution >= 0.6 is 0 Å². The summed E-state index contributed by atoms with van der Waals surface area (Å²) in [5.41, 5.74) is 8.01. The normalized spacial score (nSPS) is 17.3. The summed E-state index contributed by atoms with van der Waals surface area (Å²) in [5.74, 6) is 1.08. The second-order valence-corrected chi connectivity index (χ2v) is 9.05. The van der Waals surface area contributed by atoms with E-state index in [1.54, 1.807) is 6.92 Å². The van der Waals surface area contributed by atoms with Gasteiger partial charge in [0.1, 0.15) is 0 Å². The first-order valence-electron chi connectivity index (χ1n) is 11.9. The summed E-state index contributed by atoms with van der Waals surface area (Å²) < 4.78 is 4.94. The highest BCUT2D eigenvalue weighted by Gasteiger charge is 2.29. The third-order valence-corrected chi connectivity index (χ3v) is 6.64. The number of ether oxygens (including phenoxy) is 1. The van der Waals surface area contributed by atoms with E-state index in [1.165, 1.54) is 24.1 Å². The van der Waals surface area contributed by atoms with Crippen molar-refractivity contribution >= 4 is 17.4 Å². The lowest BCUT2D eigenvalue weighted by Gasteiger charge is -2.32. The largest absolute Gasteiger partial charge is 0.381 e. The van der Waals surface area contributed by atoms with Gasteiger partial charge in [0.05, 0.1) is 12.2 Å². The number of nitrogens with zero attached hydrogens (tertiary/aromatic N) is 4. The lowest BCUT2D eigenvalue weighted by atomic mass is 9.97. The van der Waals surface area contributed by atoms with Gasteiger partial charge < -0.3 is 14.5 Å². The van der Waals surface area contributed by atoms with Gasteiger partial charge in [0.2, 0.25) is 5.91 Å². The number of aromatic amines is 2. The van der Waals surface area contributed by atoms with Crippen LogP contribution in [0, 0.1) is 6.92 Å². The number of aryl methyl sites for hydroxylation is 2. The van der Waals surface area contributed by atoms with Crippen molar-refractivity contribution in [1.82, 2.24) is 25.3 Å². The topological polar surface area (TPSA) is 90.1 Å². The number of carbonyl (C=O) groups is 1. The number of fused-ring (bicyclic) bond motifs is 2. The number of hydrogen-bond donors (Lipinski definition) is 2. The van der Waals surface area contributed by atoms with E-state index in [9.17, 15) is 4.79 Å². The van der Waals surface area contributed by atoms with Crippen LogP contribution in [0.3, 0.4) is 0 Å². The highest BCUT2D eigenvalue weighted by Crippen LogP contribution is 2.38. The molecular weight excluding hydrogens is 416 g/mol. The van der Waals surface area contributed by atoms with Crippen molar-refractivity contribution in [3.8, 4) is 11.3 Å². The van der Waals surface area contributed by atoms with Crippen molar-refractivity contribution in [2.24, 2.45) is 0 Å². The molecule has 1 fully saturated rings. The highest BCUT2D eigenvalue weighted by atomic mass is 16.5. The summed E-state index contributed by atoms with van der Waals surface area (Å²) in [7, 11) is 0. The van der Waals surface area contributed by atoms with Crippen LogP contribution in [0.15, 0.2) is 24.3 Å². The highest BCUT2D eigenvalue weighted by molar-refractivity contribution is 5.76. The van der Waals surface area contributed by atoms with Crippen molar-refractivity contribution < 1.29 is 9.53 Å². The molecule has 0 unspecified atom stereocenters. The Kier molecular flexibility index (Phi) is 6.17. The van der Waals surface area contributed by atoms with Gasteiger partial charge in [-0.1, -0.05) is 6.07 Å². The summed E-state index contributed by atoms with van der Waals surface area (Å²) in [5, 5.41) is 15.3. The average molecular weight is 449 g/mol. The van der Waals surface area contributed by atoms with Crippen LogP contribution in [-0.2, 0) is 28.9 Å². The maximum Gasteiger partial charge on any atom is 0.219 e. The summed E-state index contributed by atoms with van der Waals surface area (Å²) in [6.45, 7) is 7.98. The Bertz CT molecular complexity index is 1120. The van der Waals surface area contributed by atoms with Gasteiger partial charge >= 0.3 is 0 Å². The predicted molar refractivity (Wildman–Crippen MR) is 128 cm³/mol. The molecule has 5 heterocycles. The Balaban J connectivity index is 0.000000406. The molecule has 174 valence electrons. The van der Waals surface area contributed by atoms with Gasteiger partial charge in [-0.05, 0) is 56.4 Å². The SMILES string of the molecule is C1CCOC1.CC(=O)N1CCc2[nH]nc(N3CCCc4cc(-c5cc(C)[nH]n5)ccc43)c2C1. The van der Waals surface area contributed by atoms with E-state index in [4.69, 9.17) is 4.74 Å². The molecule has 0 aliphatic carbocycles. The van der Waals surface area contributed by atoms with E-state index >= 15 is 0 Å². The number of amides is 1. The molecular formula is C25H32N6O2. The van der Waals surface area contributed by atoms with Crippen molar-refractivity contribution in [3.05, 3.63) is 46.8 Å². The molecule has 3 aliphatic rings. The molecule has 1 aromatic carbocycles. The van der Waals surface area contributed by atoms with Crippen LogP contribution in [0.4, 0.5) is 11.5 Å². The van der Waals surface area contributed by atoms with Crippen LogP contribution in [0.1, 0.15) is 48.7 Å². The van der Waals surface area contributed by atoms with E-state index < -0.39 is 0 Å². The van der Waals surface area contributed by atoms with Crippen LogP contribution in [-0.4, -0.2) is 57.5 Å². The zero-order valence-electron chi connectivity index (χ0n) is 19.5. The van der Waals surface area contributed by atoms with Crippen LogP contribution in [0.25, 0.3) is 11.3 Å². The predicted octanol–water partition coefficient (Wildman–Crippen LogP) is 3.89. The molecule has 8 nitrogen and oxygen atoms in total. The molecule has 0 spiro atoms. The number of benzene rings is 1. The molecule has 3 aromatic rings. The van der Waals surface area contributed by atoms with Gasteiger partial charge in [0, 0.05) is 67.8 Å². The standard InChI is InChI=1S/C21H24N6O.C4H8O/c1-13-10-19(24-22-13)15-5-6-20-16(11-15)4-3-8-27(20)21-17-12-26(14(2)28)9-7-18(17)23-25-21;1-2-4-5-3-1/h5-6,10-11H,3-4,7-9,12H2,1-2H3,(H,22,24)(H,23,25);1-4H2. The van der Waals surface area contributed by atoms with E-state index in [-0.39, 0.29) is 5.91 Å². The molecule has 6 rings (SSSR count). The molecule has 0 saturated carbocycles. The minimum Gasteiger partial charge on any atom is -0.381 e. The Labute approximate surface area is 194 Å². The fourth-order valence-corrected chi connectivity index (χ4v) is 4.82. The first-order valence-corrected chi connectivity index (χ1v) is 11.9. The van der Waals surface area contributed by atoms with Gasteiger partial charge in [0.25, 0.3) is 0 Å². The average Bonchev–Trinajstić information content (AvgIpc) is 3.60. The summed E-state index contributed by atoms with van der Waals surface area (Å²) >= 11 is 0. The lowest BCUT2D eigenvalue weighted by molar-refractivity contribution is -0.129. The Hall–Kier alpha value is -3.13. The molecule has 8 heteroatoms. The minimum absolute atomic E-state index is 0.121. The monoisotopic (exact) mass is 448 g/mol. The van der Waals surface area contributed by atoms with Crippen LogP contribution in [0.2, 0.25) is 0 Å². The third kappa shape index (κ3) is 4.53. The fourth-order valence-electron chi connectivity index (χ4n) is 4.82. The Morgan fingerprint density at radius 1 is 1.03 bits per heavy atom. The number of hydrogen-bond acceptors (Lipinski definition) is 5. The number of aromatic nitrogens is 4. The van der Waals surface area contributed by atoms with E-state index in [2.05, 4.69) is 49.6 Å². The van der Waals surface area contributed by atoms with Gasteiger partial charge in [-0.25, -0.2) is 0 Å². The maximum atomic E-state index is 11.9. The molecule has 2 N–H and O–H groups in total. The summed E-state index contributed by atoms with van der Waals surface area (Å²) in [6, 6.07) is 8.63. The zero-order chi connectivity index (χ0) is 22.8. The molecule has 2 aromatic heterocycles. The first-order chi connectivity index (χ1) is 16.1. The fraction of sp³-hybridized carbons (Fsp3) is 0.480. The van der Waals surface area contributed by atoms with Gasteiger partial charge in [0.15, 0.2) is 5.82 Å². The van der Waals surface area contributed by atoms with Crippen molar-refractivity contribution in [2.75, 3.05) is 31.2 Å². The lowest BCUT2D eigenvalue weighted by Crippen LogP contribution is -2.35. The minimum atomic E-state index is 0.121. The molecule has 33 heavy (non-hydrogen) atoms. The summed E-state index contributed by atoms with van der Waals surface area (Å²) in [6.07, 6.45) is 5.52. The van der Waals surface area contributed by atoms with Crippen LogP contribution in [0.5, 0.6) is 0 Å². The van der Waals surface area contributed by atoms with E-state index in [0.717, 1.165) is 79.6 Å². The molecule has 0 bridgehead atoms. The molecule has 0 radical (unpaired) electrons. The summed E-state index contributed by atoms with van der Waals surface area (Å²) in [4.78, 5) is 16.1. The smallest absolute Gasteiger partial charge is 0.219 e. The molecule has 1 saturated heterocycles. The van der Waals surface area contributed by atoms with Gasteiger partial charge in [-0.3, -0.25) is 15.0 Å². The van der Waals surface area contributed by atoms with Crippen molar-refractivity contribution in [3.63, 3.8) is 0 Å². The van der Waals surface area contributed by atoms with Crippen LogP contribution < -0.4 is 4.90 Å². The second-order valence-electron chi connectivity index (χ2n) is 9.05. The zero-order valence-corrected chi connectivity index (χ0v) is 19.5. The molecule has 3 aliphatic heterocycles. The number of carbonyl (C=O) groups excluding carboxylic acids is 1.